The molecule has 3 aromatic carbocycles. The van der Waals surface area contributed by atoms with E-state index >= 15 is 0 Å². The van der Waals surface area contributed by atoms with Crippen LogP contribution in [-0.4, -0.2) is 114 Å². The van der Waals surface area contributed by atoms with Gasteiger partial charge in [0.05, 0.1) is 29.5 Å². The number of aromatic nitrogens is 5. The van der Waals surface area contributed by atoms with Gasteiger partial charge in [0.25, 0.3) is 11.8 Å². The summed E-state index contributed by atoms with van der Waals surface area (Å²) in [6, 6.07) is 17.5. The van der Waals surface area contributed by atoms with Gasteiger partial charge in [-0.05, 0) is 112 Å². The highest BCUT2D eigenvalue weighted by atomic mass is 16.5. The lowest BCUT2D eigenvalue weighted by Crippen LogP contribution is -2.60. The largest absolute Gasteiger partial charge is 0.508 e. The number of likely N-dealkylation sites (tertiary alicyclic amines) is 1. The summed E-state index contributed by atoms with van der Waals surface area (Å²) in [4.78, 5) is 35.9. The lowest BCUT2D eigenvalue weighted by Gasteiger charge is -2.49. The number of nitrogens with zero attached hydrogens (tertiary/aromatic N) is 6. The smallest absolute Gasteiger partial charge is 0.311 e. The van der Waals surface area contributed by atoms with Crippen LogP contribution in [0, 0.1) is 5.92 Å². The number of amides is 2. The topological polar surface area (TPSA) is 209 Å². The second-order valence-corrected chi connectivity index (χ2v) is 17.4. The second kappa shape index (κ2) is 21.2. The van der Waals surface area contributed by atoms with E-state index in [9.17, 15) is 24.9 Å². The molecule has 0 aliphatic carbocycles. The third-order valence-corrected chi connectivity index (χ3v) is 11.5. The molecule has 1 unspecified atom stereocenters. The fourth-order valence-electron chi connectivity index (χ4n) is 7.79. The number of piperidine rings is 1. The SMILES string of the molecule is CCNCc1nnc(-c2cc(C(C)C)c(O)cc2O)n1-c1ccc(Oc2ccc(C(=O)N3CCC(O[B]C(CC(C)C)NCCNC(=O)c4cnccn4)(C(C)(C)O)CC3)cc2)cc1. The van der Waals surface area contributed by atoms with E-state index in [2.05, 4.69) is 50.0 Å². The second-order valence-electron chi connectivity index (χ2n) is 17.4. The first-order chi connectivity index (χ1) is 30.6. The molecule has 1 aliphatic heterocycles. The van der Waals surface area contributed by atoms with Gasteiger partial charge in [0.2, 0.25) is 0 Å². The summed E-state index contributed by atoms with van der Waals surface area (Å²) in [6.07, 6.45) is 6.06. The van der Waals surface area contributed by atoms with Crippen LogP contribution in [-0.2, 0) is 11.2 Å². The van der Waals surface area contributed by atoms with Crippen LogP contribution in [0.3, 0.4) is 0 Å². The van der Waals surface area contributed by atoms with Crippen LogP contribution >= 0.6 is 0 Å². The number of aliphatic hydroxyl groups is 1. The number of benzene rings is 3. The van der Waals surface area contributed by atoms with Gasteiger partial charge in [0, 0.05) is 61.8 Å². The third-order valence-electron chi connectivity index (χ3n) is 11.5. The van der Waals surface area contributed by atoms with E-state index in [1.807, 2.05) is 49.6 Å². The highest BCUT2D eigenvalue weighted by Gasteiger charge is 2.47. The summed E-state index contributed by atoms with van der Waals surface area (Å²) < 4.78 is 14.6. The summed E-state index contributed by atoms with van der Waals surface area (Å²) >= 11 is 0. The van der Waals surface area contributed by atoms with Crippen LogP contribution in [0.4, 0.5) is 0 Å². The maximum Gasteiger partial charge on any atom is 0.311 e. The van der Waals surface area contributed by atoms with E-state index in [1.54, 1.807) is 56.6 Å². The fraction of sp³-hybridized carbons (Fsp3) is 0.447. The first-order valence-corrected chi connectivity index (χ1v) is 22.0. The molecular weight excluding hydrogens is 813 g/mol. The molecule has 1 fully saturated rings. The van der Waals surface area contributed by atoms with E-state index in [0.717, 1.165) is 18.7 Å². The summed E-state index contributed by atoms with van der Waals surface area (Å²) in [5, 5.41) is 51.3. The van der Waals surface area contributed by atoms with Crippen molar-refractivity contribution in [3.05, 3.63) is 102 Å². The molecule has 2 aromatic heterocycles. The predicted octanol–water partition coefficient (Wildman–Crippen LogP) is 5.93. The number of carbonyl (C=O) groups is 2. The Kier molecular flexibility index (Phi) is 15.8. The van der Waals surface area contributed by atoms with Crippen molar-refractivity contribution in [3.8, 4) is 40.1 Å². The minimum absolute atomic E-state index is 0.0184. The zero-order valence-corrected chi connectivity index (χ0v) is 37.8. The van der Waals surface area contributed by atoms with E-state index in [4.69, 9.17) is 9.39 Å². The number of phenolic OH excluding ortho intramolecular Hbond substituents is 2. The van der Waals surface area contributed by atoms with Gasteiger partial charge in [-0.15, -0.1) is 10.2 Å². The zero-order chi connectivity index (χ0) is 46.0. The number of aromatic hydroxyl groups is 2. The van der Waals surface area contributed by atoms with Gasteiger partial charge in [-0.25, -0.2) is 4.98 Å². The summed E-state index contributed by atoms with van der Waals surface area (Å²) in [6.45, 7) is 16.5. The molecule has 5 aromatic rings. The summed E-state index contributed by atoms with van der Waals surface area (Å²) in [5.74, 6) is 1.95. The summed E-state index contributed by atoms with van der Waals surface area (Å²) in [7, 11) is 1.77. The van der Waals surface area contributed by atoms with Gasteiger partial charge < -0.3 is 45.6 Å². The van der Waals surface area contributed by atoms with E-state index in [0.29, 0.717) is 91.3 Å². The Hall–Kier alpha value is -5.88. The lowest BCUT2D eigenvalue weighted by molar-refractivity contribution is -0.137. The Morgan fingerprint density at radius 3 is 2.22 bits per heavy atom. The molecule has 0 bridgehead atoms. The van der Waals surface area contributed by atoms with Crippen molar-refractivity contribution in [1.82, 2.24) is 45.6 Å². The van der Waals surface area contributed by atoms with Crippen molar-refractivity contribution >= 4 is 19.3 Å². The van der Waals surface area contributed by atoms with Crippen LogP contribution in [0.15, 0.2) is 79.3 Å². The van der Waals surface area contributed by atoms with Gasteiger partial charge in [0.1, 0.15) is 28.7 Å². The molecule has 6 rings (SSSR count). The highest BCUT2D eigenvalue weighted by molar-refractivity contribution is 6.29. The predicted molar refractivity (Wildman–Crippen MR) is 245 cm³/mol. The fourth-order valence-corrected chi connectivity index (χ4v) is 7.79. The van der Waals surface area contributed by atoms with E-state index < -0.39 is 11.2 Å². The Bertz CT molecular complexity index is 2310. The molecule has 339 valence electrons. The Labute approximate surface area is 376 Å². The number of rotatable bonds is 20. The molecule has 64 heavy (non-hydrogen) atoms. The lowest BCUT2D eigenvalue weighted by atomic mass is 9.73. The Morgan fingerprint density at radius 2 is 1.61 bits per heavy atom. The standard InChI is InChI=1S/C47H61BN9O7/c1-8-49-29-42-54-55-43(37-26-36(31(4)5)39(58)27-40(37)59)57(42)33-11-15-35(16-12-33)63-34-13-9-32(10-14-34)45(61)56-23-17-47(18-24-56,46(6,7)62)64-48-41(25-30(2)3)52-21-22-53-44(60)38-28-50-19-20-51-38/h9-16,19-20,26-28,30-31,41,49,52,58-59,62H,8,17-18,21-25,29H2,1-7H3,(H,53,60). The third kappa shape index (κ3) is 11.6. The molecule has 17 heteroatoms. The van der Waals surface area contributed by atoms with Crippen LogP contribution in [0.2, 0.25) is 0 Å². The number of ether oxygens (including phenoxy) is 1. The number of hydrogen-bond acceptors (Lipinski definition) is 13. The molecule has 0 spiro atoms. The average Bonchev–Trinajstić information content (AvgIpc) is 3.69. The molecule has 1 atom stereocenters. The minimum atomic E-state index is -1.19. The maximum atomic E-state index is 13.7. The Balaban J connectivity index is 1.06. The van der Waals surface area contributed by atoms with Gasteiger partial charge in [-0.2, -0.15) is 0 Å². The van der Waals surface area contributed by atoms with E-state index in [-0.39, 0.29) is 40.9 Å². The minimum Gasteiger partial charge on any atom is -0.508 e. The van der Waals surface area contributed by atoms with Crippen LogP contribution in [0.5, 0.6) is 23.0 Å². The van der Waals surface area contributed by atoms with E-state index in [1.165, 1.54) is 24.7 Å². The molecular formula is C47H61BN9O7. The Morgan fingerprint density at radius 1 is 0.922 bits per heavy atom. The van der Waals surface area contributed by atoms with Gasteiger partial charge in [-0.1, -0.05) is 34.6 Å². The quantitative estimate of drug-likeness (QED) is 0.0396. The molecule has 1 saturated heterocycles. The van der Waals surface area contributed by atoms with Crippen molar-refractivity contribution in [3.63, 3.8) is 0 Å². The number of carbonyl (C=O) groups excluding carboxylic acids is 2. The van der Waals surface area contributed by atoms with Crippen molar-refractivity contribution in [1.29, 1.82) is 0 Å². The van der Waals surface area contributed by atoms with Crippen molar-refractivity contribution in [2.75, 3.05) is 32.7 Å². The number of nitrogens with one attached hydrogen (secondary N) is 3. The van der Waals surface area contributed by atoms with Gasteiger partial charge in [0.15, 0.2) is 11.6 Å². The molecule has 2 amide bonds. The zero-order valence-electron chi connectivity index (χ0n) is 37.8. The normalized spacial score (nSPS) is 14.4. The van der Waals surface area contributed by atoms with Crippen molar-refractivity contribution in [2.45, 2.75) is 97.3 Å². The molecule has 0 saturated carbocycles. The average molecular weight is 875 g/mol. The molecule has 3 heterocycles. The van der Waals surface area contributed by atoms with Gasteiger partial charge in [-0.3, -0.25) is 19.1 Å². The van der Waals surface area contributed by atoms with Crippen molar-refractivity contribution < 1.29 is 34.3 Å². The van der Waals surface area contributed by atoms with Crippen molar-refractivity contribution in [2.24, 2.45) is 5.92 Å². The molecule has 16 nitrogen and oxygen atoms in total. The maximum absolute atomic E-state index is 13.7. The monoisotopic (exact) mass is 874 g/mol. The first-order valence-electron chi connectivity index (χ1n) is 22.0. The number of hydrogen-bond donors (Lipinski definition) is 6. The number of phenols is 2. The first kappa shape index (κ1) is 47.6. The highest BCUT2D eigenvalue weighted by Crippen LogP contribution is 2.39. The molecule has 1 aliphatic rings. The van der Waals surface area contributed by atoms with Gasteiger partial charge >= 0.3 is 7.48 Å². The summed E-state index contributed by atoms with van der Waals surface area (Å²) in [5.41, 5.74) is 0.562. The van der Waals surface area contributed by atoms with Crippen LogP contribution in [0.25, 0.3) is 17.1 Å². The van der Waals surface area contributed by atoms with Crippen LogP contribution < -0.4 is 20.7 Å². The van der Waals surface area contributed by atoms with Crippen LogP contribution in [0.1, 0.15) is 106 Å². The molecule has 1 radical (unpaired) electrons. The molecule has 6 N–H and O–H groups in total.